The summed E-state index contributed by atoms with van der Waals surface area (Å²) in [5, 5.41) is 12.8. The molecule has 0 aliphatic rings. The van der Waals surface area contributed by atoms with Gasteiger partial charge in [0.05, 0.1) is 25.0 Å². The van der Waals surface area contributed by atoms with E-state index in [1.165, 1.54) is 18.1 Å². The zero-order valence-electron chi connectivity index (χ0n) is 22.4. The van der Waals surface area contributed by atoms with Crippen molar-refractivity contribution in [2.45, 2.75) is 32.1 Å². The Kier molecular flexibility index (Phi) is 10.2. The van der Waals surface area contributed by atoms with Crippen molar-refractivity contribution >= 4 is 30.2 Å². The van der Waals surface area contributed by atoms with Crippen LogP contribution in [0.2, 0.25) is 0 Å². The Morgan fingerprint density at radius 2 is 1.70 bits per heavy atom. The van der Waals surface area contributed by atoms with E-state index in [4.69, 9.17) is 16.2 Å². The molecule has 208 valence electrons. The quantitative estimate of drug-likeness (QED) is 0.190. The molecule has 0 saturated carbocycles. The first kappa shape index (κ1) is 29.6. The highest BCUT2D eigenvalue weighted by Gasteiger charge is 2.26. The van der Waals surface area contributed by atoms with Gasteiger partial charge in [-0.25, -0.2) is 4.79 Å². The number of nitrogens with one attached hydrogen (secondary N) is 1. The highest BCUT2D eigenvalue weighted by Crippen LogP contribution is 2.22. The second-order valence-corrected chi connectivity index (χ2v) is 9.07. The molecule has 0 spiro atoms. The summed E-state index contributed by atoms with van der Waals surface area (Å²) in [6, 6.07) is 19.8. The van der Waals surface area contributed by atoms with Gasteiger partial charge in [0.2, 0.25) is 11.8 Å². The van der Waals surface area contributed by atoms with E-state index >= 15 is 0 Å². The lowest BCUT2D eigenvalue weighted by Crippen LogP contribution is -2.51. The predicted molar refractivity (Wildman–Crippen MR) is 154 cm³/mol. The molecule has 1 unspecified atom stereocenters. The maximum Gasteiger partial charge on any atom is 0.339 e. The van der Waals surface area contributed by atoms with Crippen LogP contribution >= 0.6 is 0 Å². The van der Waals surface area contributed by atoms with Gasteiger partial charge in [0.1, 0.15) is 11.3 Å². The van der Waals surface area contributed by atoms with Gasteiger partial charge in [0, 0.05) is 23.9 Å². The van der Waals surface area contributed by atoms with Crippen LogP contribution in [-0.4, -0.2) is 53.8 Å². The molecule has 0 aliphatic carbocycles. The number of primary amides is 1. The Hall–Kier alpha value is -4.96. The van der Waals surface area contributed by atoms with Gasteiger partial charge in [-0.2, -0.15) is 0 Å². The average molecular weight is 544 g/mol. The normalized spacial score (nSPS) is 12.6. The number of hydrogen-bond acceptors (Lipinski definition) is 7. The first-order valence-corrected chi connectivity index (χ1v) is 12.5. The van der Waals surface area contributed by atoms with Crippen LogP contribution in [0.4, 0.5) is 0 Å². The van der Waals surface area contributed by atoms with Crippen LogP contribution in [0.25, 0.3) is 5.70 Å². The predicted octanol–water partition coefficient (Wildman–Crippen LogP) is 3.03. The number of nitrogens with two attached hydrogens (primary N) is 2. The van der Waals surface area contributed by atoms with Crippen LogP contribution in [0.3, 0.4) is 0 Å². The fourth-order valence-corrected chi connectivity index (χ4v) is 4.10. The first-order valence-electron chi connectivity index (χ1n) is 12.5. The zero-order chi connectivity index (χ0) is 29.2. The van der Waals surface area contributed by atoms with Crippen molar-refractivity contribution in [2.75, 3.05) is 7.11 Å². The number of carbonyl (C=O) groups excluding carboxylic acids is 2. The fraction of sp³-hybridized carbons (Fsp3) is 0.200. The first-order chi connectivity index (χ1) is 19.1. The monoisotopic (exact) mass is 543 g/mol. The summed E-state index contributed by atoms with van der Waals surface area (Å²) in [6.45, 7) is 5.50. The minimum Gasteiger partial charge on any atom is -0.496 e. The number of nitrogens with zero attached hydrogens (tertiary/aromatic N) is 2. The van der Waals surface area contributed by atoms with Crippen LogP contribution in [0.15, 0.2) is 84.0 Å². The number of aromatic carboxylic acids is 1. The van der Waals surface area contributed by atoms with Gasteiger partial charge in [-0.05, 0) is 55.5 Å². The number of hydrogen-bond donors (Lipinski definition) is 4. The molecule has 10 nitrogen and oxygen atoms in total. The number of carbonyl (C=O) groups is 3. The van der Waals surface area contributed by atoms with E-state index in [9.17, 15) is 19.5 Å². The lowest BCUT2D eigenvalue weighted by molar-refractivity contribution is -0.135. The van der Waals surface area contributed by atoms with Crippen molar-refractivity contribution in [3.05, 3.63) is 107 Å². The lowest BCUT2D eigenvalue weighted by atomic mass is 10.0. The molecule has 3 rings (SSSR count). The smallest absolute Gasteiger partial charge is 0.339 e. The van der Waals surface area contributed by atoms with Gasteiger partial charge in [-0.3, -0.25) is 14.6 Å². The summed E-state index contributed by atoms with van der Waals surface area (Å²) in [6.07, 6.45) is 1.31. The number of carboxylic acids is 1. The van der Waals surface area contributed by atoms with Crippen molar-refractivity contribution in [2.24, 2.45) is 16.5 Å². The number of carboxylic acid groups (broad SMARTS) is 1. The van der Waals surface area contributed by atoms with E-state index < -0.39 is 24.1 Å². The molecule has 40 heavy (non-hydrogen) atoms. The summed E-state index contributed by atoms with van der Waals surface area (Å²) < 4.78 is 5.16. The fourth-order valence-electron chi connectivity index (χ4n) is 4.10. The summed E-state index contributed by atoms with van der Waals surface area (Å²) in [7, 11) is 1.39. The van der Waals surface area contributed by atoms with E-state index in [1.54, 1.807) is 49.5 Å². The minimum absolute atomic E-state index is 0.0195. The Labute approximate surface area is 233 Å². The van der Waals surface area contributed by atoms with E-state index in [1.807, 2.05) is 30.3 Å². The van der Waals surface area contributed by atoms with Gasteiger partial charge < -0.3 is 31.5 Å². The molecule has 0 aliphatic heterocycles. The number of aliphatic imine (C=N–C) groups is 1. The second-order valence-electron chi connectivity index (χ2n) is 9.07. The number of ether oxygens (including phenoxy) is 1. The molecule has 3 aromatic rings. The van der Waals surface area contributed by atoms with Crippen molar-refractivity contribution < 1.29 is 24.2 Å². The molecular formula is C30H33N5O5. The average Bonchev–Trinajstić information content (AvgIpc) is 2.96. The van der Waals surface area contributed by atoms with E-state index in [0.29, 0.717) is 16.8 Å². The van der Waals surface area contributed by atoms with Crippen LogP contribution in [0, 0.1) is 0 Å². The Morgan fingerprint density at radius 3 is 2.27 bits per heavy atom. The van der Waals surface area contributed by atoms with Crippen LogP contribution in [0.5, 0.6) is 5.75 Å². The van der Waals surface area contributed by atoms with E-state index in [0.717, 1.165) is 11.1 Å². The Balaban J connectivity index is 1.89. The lowest BCUT2D eigenvalue weighted by Gasteiger charge is -2.32. The van der Waals surface area contributed by atoms with E-state index in [2.05, 4.69) is 17.0 Å². The summed E-state index contributed by atoms with van der Waals surface area (Å²) in [5.41, 5.74) is 14.8. The molecule has 6 N–H and O–H groups in total. The largest absolute Gasteiger partial charge is 0.496 e. The molecule has 0 heterocycles. The topological polar surface area (TPSA) is 160 Å². The maximum absolute atomic E-state index is 13.7. The van der Waals surface area contributed by atoms with Gasteiger partial charge in [-0.15, -0.1) is 0 Å². The van der Waals surface area contributed by atoms with Gasteiger partial charge in [0.15, 0.2) is 0 Å². The van der Waals surface area contributed by atoms with Crippen molar-refractivity contribution in [3.8, 4) is 5.75 Å². The van der Waals surface area contributed by atoms with Gasteiger partial charge >= 0.3 is 5.97 Å². The van der Waals surface area contributed by atoms with E-state index in [-0.39, 0.29) is 30.2 Å². The second kappa shape index (κ2) is 13.7. The van der Waals surface area contributed by atoms with Crippen molar-refractivity contribution in [1.29, 1.82) is 0 Å². The van der Waals surface area contributed by atoms with Crippen LogP contribution in [0.1, 0.15) is 44.3 Å². The van der Waals surface area contributed by atoms with Crippen LogP contribution < -0.4 is 21.5 Å². The molecule has 0 fully saturated rings. The van der Waals surface area contributed by atoms with Crippen molar-refractivity contribution in [3.63, 3.8) is 0 Å². The number of benzene rings is 3. The molecular weight excluding hydrogens is 510 g/mol. The van der Waals surface area contributed by atoms with Crippen molar-refractivity contribution in [1.82, 2.24) is 10.2 Å². The van der Waals surface area contributed by atoms with Crippen LogP contribution in [-0.2, 0) is 17.8 Å². The Bertz CT molecular complexity index is 1390. The van der Waals surface area contributed by atoms with Gasteiger partial charge in [0.25, 0.3) is 0 Å². The molecule has 0 aromatic heterocycles. The summed E-state index contributed by atoms with van der Waals surface area (Å²) in [5.74, 6) is -1.85. The zero-order valence-corrected chi connectivity index (χ0v) is 22.4. The SMILES string of the molecule is C=N/C(=C\NC(C)N(Cc1ccc(OC)c(C(=O)O)c1)C(=O)[C@@H](N)Cc1ccc(C(N)=O)cc1)c1ccccc1. The Morgan fingerprint density at radius 1 is 1.05 bits per heavy atom. The number of methoxy groups -OCH3 is 1. The third kappa shape index (κ3) is 7.55. The molecule has 3 aromatic carbocycles. The molecule has 10 heteroatoms. The minimum atomic E-state index is -1.15. The molecule has 0 saturated heterocycles. The third-order valence-corrected chi connectivity index (χ3v) is 6.31. The highest BCUT2D eigenvalue weighted by molar-refractivity contribution is 5.93. The molecule has 2 amide bonds. The maximum atomic E-state index is 13.7. The molecule has 2 atom stereocenters. The number of amides is 2. The summed E-state index contributed by atoms with van der Waals surface area (Å²) >= 11 is 0. The highest BCUT2D eigenvalue weighted by atomic mass is 16.5. The summed E-state index contributed by atoms with van der Waals surface area (Å²) in [4.78, 5) is 42.4. The third-order valence-electron chi connectivity index (χ3n) is 6.31. The number of rotatable bonds is 13. The van der Waals surface area contributed by atoms with Gasteiger partial charge in [-0.1, -0.05) is 48.5 Å². The molecule has 0 radical (unpaired) electrons. The standard InChI is InChI=1S/C30H33N5O5/c1-19(34-17-26(33-2)22-7-5-4-6-8-22)35(18-21-11-14-27(40-3)24(15-21)30(38)39)29(37)25(31)16-20-9-12-23(13-10-20)28(32)36/h4-15,17,19,25,34H,2,16,18,31H2,1,3H3,(H2,32,36)(H,38,39)/b26-17-/t19?,25-/m0/s1. The molecule has 0 bridgehead atoms.